The van der Waals surface area contributed by atoms with Crippen molar-refractivity contribution in [2.45, 2.75) is 24.6 Å². The highest BCUT2D eigenvalue weighted by molar-refractivity contribution is 7.89. The van der Waals surface area contributed by atoms with Crippen LogP contribution in [0.15, 0.2) is 24.5 Å². The summed E-state index contributed by atoms with van der Waals surface area (Å²) in [5, 5.41) is 3.39. The van der Waals surface area contributed by atoms with Gasteiger partial charge in [0.1, 0.15) is 5.65 Å². The number of sulfonamides is 1. The zero-order valence-corrected chi connectivity index (χ0v) is 13.9. The Labute approximate surface area is 135 Å². The molecule has 0 bridgehead atoms. The Hall–Kier alpha value is -1.15. The second kappa shape index (κ2) is 6.16. The van der Waals surface area contributed by atoms with Gasteiger partial charge in [-0.2, -0.15) is 4.31 Å². The Balaban J connectivity index is 1.83. The first-order valence-corrected chi connectivity index (χ1v) is 9.14. The van der Waals surface area contributed by atoms with Gasteiger partial charge in [-0.05, 0) is 31.5 Å². The van der Waals surface area contributed by atoms with Crippen molar-refractivity contribution in [3.05, 3.63) is 35.2 Å². The van der Waals surface area contributed by atoms with E-state index in [0.29, 0.717) is 18.0 Å². The van der Waals surface area contributed by atoms with Crippen molar-refractivity contribution in [3.8, 4) is 0 Å². The summed E-state index contributed by atoms with van der Waals surface area (Å²) < 4.78 is 28.5. The summed E-state index contributed by atoms with van der Waals surface area (Å²) in [6, 6.07) is 3.58. The number of nitrogens with zero attached hydrogens (tertiary/aromatic N) is 3. The fourth-order valence-corrected chi connectivity index (χ4v) is 4.54. The SMILES string of the molecule is CN(Cc1cnc2ccc(Cl)cn12)S(=O)(=O)C1CCCNC1. The van der Waals surface area contributed by atoms with E-state index >= 15 is 0 Å². The molecule has 0 saturated carbocycles. The predicted octanol–water partition coefficient (Wildman–Crippen LogP) is 1.50. The van der Waals surface area contributed by atoms with Gasteiger partial charge in [0.05, 0.1) is 28.7 Å². The third-order valence-electron chi connectivity index (χ3n) is 4.04. The van der Waals surface area contributed by atoms with Gasteiger partial charge in [-0.3, -0.25) is 0 Å². The number of imidazole rings is 1. The van der Waals surface area contributed by atoms with Crippen molar-refractivity contribution in [2.75, 3.05) is 20.1 Å². The normalized spacial score (nSPS) is 19.9. The second-order valence-electron chi connectivity index (χ2n) is 5.59. The van der Waals surface area contributed by atoms with Crippen LogP contribution in [0.3, 0.4) is 0 Å². The number of aromatic nitrogens is 2. The molecular formula is C14H19ClN4O2S. The molecule has 0 radical (unpaired) electrons. The van der Waals surface area contributed by atoms with Crippen LogP contribution in [0, 0.1) is 0 Å². The maximum Gasteiger partial charge on any atom is 0.218 e. The number of halogens is 1. The van der Waals surface area contributed by atoms with Gasteiger partial charge in [0.25, 0.3) is 0 Å². The number of rotatable bonds is 4. The third kappa shape index (κ3) is 2.99. The summed E-state index contributed by atoms with van der Waals surface area (Å²) in [4.78, 5) is 4.28. The number of hydrogen-bond donors (Lipinski definition) is 1. The zero-order chi connectivity index (χ0) is 15.7. The van der Waals surface area contributed by atoms with Crippen molar-refractivity contribution in [1.82, 2.24) is 19.0 Å². The van der Waals surface area contributed by atoms with E-state index < -0.39 is 10.0 Å². The Morgan fingerprint density at radius 3 is 3.05 bits per heavy atom. The molecule has 0 aliphatic carbocycles. The van der Waals surface area contributed by atoms with Crippen LogP contribution >= 0.6 is 11.6 Å². The molecule has 3 heterocycles. The highest BCUT2D eigenvalue weighted by atomic mass is 35.5. The molecular weight excluding hydrogens is 324 g/mol. The van der Waals surface area contributed by atoms with E-state index in [0.717, 1.165) is 24.3 Å². The topological polar surface area (TPSA) is 66.7 Å². The molecule has 6 nitrogen and oxygen atoms in total. The first-order valence-electron chi connectivity index (χ1n) is 7.26. The minimum Gasteiger partial charge on any atom is -0.315 e. The summed E-state index contributed by atoms with van der Waals surface area (Å²) in [7, 11) is -1.70. The number of fused-ring (bicyclic) bond motifs is 1. The molecule has 1 unspecified atom stereocenters. The number of nitrogens with one attached hydrogen (secondary N) is 1. The van der Waals surface area contributed by atoms with E-state index in [1.54, 1.807) is 25.5 Å². The molecule has 0 spiro atoms. The molecule has 2 aromatic heterocycles. The fourth-order valence-electron chi connectivity index (χ4n) is 2.77. The lowest BCUT2D eigenvalue weighted by atomic mass is 10.2. The van der Waals surface area contributed by atoms with E-state index in [1.165, 1.54) is 4.31 Å². The zero-order valence-electron chi connectivity index (χ0n) is 12.4. The maximum absolute atomic E-state index is 12.6. The van der Waals surface area contributed by atoms with Crippen LogP contribution < -0.4 is 5.32 Å². The Morgan fingerprint density at radius 2 is 2.32 bits per heavy atom. The second-order valence-corrected chi connectivity index (χ2v) is 8.35. The monoisotopic (exact) mass is 342 g/mol. The van der Waals surface area contributed by atoms with E-state index in [9.17, 15) is 8.42 Å². The van der Waals surface area contributed by atoms with Crippen molar-refractivity contribution in [2.24, 2.45) is 0 Å². The summed E-state index contributed by atoms with van der Waals surface area (Å²) >= 11 is 6.01. The smallest absolute Gasteiger partial charge is 0.218 e. The van der Waals surface area contributed by atoms with Crippen LogP contribution in [0.1, 0.15) is 18.5 Å². The van der Waals surface area contributed by atoms with Crippen LogP contribution in [0.25, 0.3) is 5.65 Å². The predicted molar refractivity (Wildman–Crippen MR) is 86.5 cm³/mol. The number of hydrogen-bond acceptors (Lipinski definition) is 4. The van der Waals surface area contributed by atoms with Crippen LogP contribution in [0.2, 0.25) is 5.02 Å². The largest absolute Gasteiger partial charge is 0.315 e. The molecule has 2 aromatic rings. The molecule has 1 aliphatic rings. The van der Waals surface area contributed by atoms with Crippen molar-refractivity contribution >= 4 is 27.3 Å². The van der Waals surface area contributed by atoms with Crippen LogP contribution in [0.5, 0.6) is 0 Å². The molecule has 1 saturated heterocycles. The molecule has 1 N–H and O–H groups in total. The molecule has 1 fully saturated rings. The molecule has 22 heavy (non-hydrogen) atoms. The quantitative estimate of drug-likeness (QED) is 0.914. The van der Waals surface area contributed by atoms with Crippen LogP contribution in [-0.4, -0.2) is 47.5 Å². The maximum atomic E-state index is 12.6. The Kier molecular flexibility index (Phi) is 4.40. The lowest BCUT2D eigenvalue weighted by molar-refractivity contribution is 0.426. The van der Waals surface area contributed by atoms with Crippen molar-refractivity contribution in [3.63, 3.8) is 0 Å². The van der Waals surface area contributed by atoms with Gasteiger partial charge in [0.2, 0.25) is 10.0 Å². The summed E-state index contributed by atoms with van der Waals surface area (Å²) in [6.45, 7) is 1.69. The molecule has 3 rings (SSSR count). The van der Waals surface area contributed by atoms with Gasteiger partial charge in [-0.1, -0.05) is 11.6 Å². The van der Waals surface area contributed by atoms with Gasteiger partial charge in [0.15, 0.2) is 0 Å². The number of pyridine rings is 1. The molecule has 0 aromatic carbocycles. The summed E-state index contributed by atoms with van der Waals surface area (Å²) in [5.74, 6) is 0. The summed E-state index contributed by atoms with van der Waals surface area (Å²) in [5.41, 5.74) is 1.55. The minimum atomic E-state index is -3.32. The Bertz CT molecular complexity index is 768. The molecule has 8 heteroatoms. The minimum absolute atomic E-state index is 0.278. The number of piperidine rings is 1. The standard InChI is InChI=1S/C14H19ClN4O2S/c1-18(22(20,21)13-3-2-6-16-8-13)10-12-7-17-14-5-4-11(15)9-19(12)14/h4-5,7,9,13,16H,2-3,6,8,10H2,1H3. The first kappa shape index (κ1) is 15.7. The van der Waals surface area contributed by atoms with E-state index in [1.807, 2.05) is 10.5 Å². The average Bonchev–Trinajstić information content (AvgIpc) is 2.90. The molecule has 1 aliphatic heterocycles. The van der Waals surface area contributed by atoms with Crippen molar-refractivity contribution < 1.29 is 8.42 Å². The van der Waals surface area contributed by atoms with E-state index in [2.05, 4.69) is 10.3 Å². The lowest BCUT2D eigenvalue weighted by Crippen LogP contribution is -2.44. The third-order valence-corrected chi connectivity index (χ3v) is 6.50. The van der Waals surface area contributed by atoms with Gasteiger partial charge in [0, 0.05) is 19.8 Å². The average molecular weight is 343 g/mol. The lowest BCUT2D eigenvalue weighted by Gasteiger charge is -2.27. The van der Waals surface area contributed by atoms with Crippen LogP contribution in [-0.2, 0) is 16.6 Å². The molecule has 0 amide bonds. The van der Waals surface area contributed by atoms with E-state index in [-0.39, 0.29) is 11.8 Å². The van der Waals surface area contributed by atoms with Gasteiger partial charge in [-0.25, -0.2) is 13.4 Å². The van der Waals surface area contributed by atoms with E-state index in [4.69, 9.17) is 11.6 Å². The van der Waals surface area contributed by atoms with Crippen LogP contribution in [0.4, 0.5) is 0 Å². The highest BCUT2D eigenvalue weighted by Crippen LogP contribution is 2.19. The summed E-state index contributed by atoms with van der Waals surface area (Å²) in [6.07, 6.45) is 5.04. The fraction of sp³-hybridized carbons (Fsp3) is 0.500. The van der Waals surface area contributed by atoms with Gasteiger partial charge >= 0.3 is 0 Å². The molecule has 1 atom stereocenters. The first-order chi connectivity index (χ1) is 10.5. The highest BCUT2D eigenvalue weighted by Gasteiger charge is 2.31. The van der Waals surface area contributed by atoms with Crippen molar-refractivity contribution in [1.29, 1.82) is 0 Å². The Morgan fingerprint density at radius 1 is 1.50 bits per heavy atom. The molecule has 120 valence electrons. The van der Waals surface area contributed by atoms with Gasteiger partial charge in [-0.15, -0.1) is 0 Å². The van der Waals surface area contributed by atoms with Gasteiger partial charge < -0.3 is 9.72 Å².